The van der Waals surface area contributed by atoms with Crippen molar-refractivity contribution in [3.8, 4) is 0 Å². The fourth-order valence-electron chi connectivity index (χ4n) is 1.77. The highest BCUT2D eigenvalue weighted by Gasteiger charge is 2.29. The van der Waals surface area contributed by atoms with Gasteiger partial charge in [0, 0.05) is 18.2 Å². The van der Waals surface area contributed by atoms with Gasteiger partial charge >= 0.3 is 0 Å². The van der Waals surface area contributed by atoms with E-state index in [4.69, 9.17) is 4.74 Å². The molecule has 0 spiro atoms. The van der Waals surface area contributed by atoms with Crippen LogP contribution >= 0.6 is 24.2 Å². The lowest BCUT2D eigenvalue weighted by molar-refractivity contribution is -0.123. The van der Waals surface area contributed by atoms with E-state index >= 15 is 0 Å². The summed E-state index contributed by atoms with van der Waals surface area (Å²) in [6, 6.07) is 0.197. The maximum absolute atomic E-state index is 11.7. The lowest BCUT2D eigenvalue weighted by Gasteiger charge is -2.18. The Kier molecular flexibility index (Phi) is 5.18. The first-order valence-electron chi connectivity index (χ1n) is 5.00. The summed E-state index contributed by atoms with van der Waals surface area (Å²) < 4.78 is 5.39. The maximum atomic E-state index is 11.7. The van der Waals surface area contributed by atoms with Gasteiger partial charge in [-0.3, -0.25) is 10.1 Å². The SMILES string of the molecule is CC1OCCC1NC(=O)[C@H]1CSCN1.Cl. The molecule has 3 atom stereocenters. The van der Waals surface area contributed by atoms with E-state index < -0.39 is 0 Å². The van der Waals surface area contributed by atoms with E-state index in [1.807, 2.05) is 6.92 Å². The van der Waals surface area contributed by atoms with E-state index in [-0.39, 0.29) is 36.5 Å². The van der Waals surface area contributed by atoms with Gasteiger partial charge in [-0.25, -0.2) is 0 Å². The van der Waals surface area contributed by atoms with Crippen LogP contribution in [0.2, 0.25) is 0 Å². The van der Waals surface area contributed by atoms with E-state index in [0.29, 0.717) is 0 Å². The van der Waals surface area contributed by atoms with Crippen molar-refractivity contribution in [2.24, 2.45) is 0 Å². The van der Waals surface area contributed by atoms with Crippen molar-refractivity contribution in [3.05, 3.63) is 0 Å². The van der Waals surface area contributed by atoms with Gasteiger partial charge in [0.25, 0.3) is 0 Å². The molecule has 6 heteroatoms. The third kappa shape index (κ3) is 3.24. The molecule has 4 nitrogen and oxygen atoms in total. The Labute approximate surface area is 100 Å². The number of thioether (sulfide) groups is 1. The topological polar surface area (TPSA) is 50.4 Å². The minimum atomic E-state index is -0.00667. The normalized spacial score (nSPS) is 34.9. The number of hydrogen-bond donors (Lipinski definition) is 2. The number of amides is 1. The molecule has 2 rings (SSSR count). The molecule has 2 aliphatic heterocycles. The molecular formula is C9H17ClN2O2S. The highest BCUT2D eigenvalue weighted by atomic mass is 35.5. The van der Waals surface area contributed by atoms with Crippen molar-refractivity contribution in [1.82, 2.24) is 10.6 Å². The number of halogens is 1. The molecule has 0 aromatic carbocycles. The summed E-state index contributed by atoms with van der Waals surface area (Å²) >= 11 is 1.77. The van der Waals surface area contributed by atoms with Crippen molar-refractivity contribution >= 4 is 30.1 Å². The number of rotatable bonds is 2. The smallest absolute Gasteiger partial charge is 0.238 e. The highest BCUT2D eigenvalue weighted by molar-refractivity contribution is 7.99. The Balaban J connectivity index is 0.00000112. The van der Waals surface area contributed by atoms with Crippen LogP contribution in [-0.2, 0) is 9.53 Å². The van der Waals surface area contributed by atoms with Crippen molar-refractivity contribution in [1.29, 1.82) is 0 Å². The lowest BCUT2D eigenvalue weighted by Crippen LogP contribution is -2.48. The number of carbonyl (C=O) groups is 1. The van der Waals surface area contributed by atoms with Gasteiger partial charge in [-0.15, -0.1) is 24.2 Å². The largest absolute Gasteiger partial charge is 0.376 e. The van der Waals surface area contributed by atoms with Crippen molar-refractivity contribution in [3.63, 3.8) is 0 Å². The van der Waals surface area contributed by atoms with E-state index in [1.165, 1.54) is 0 Å². The molecule has 15 heavy (non-hydrogen) atoms. The van der Waals surface area contributed by atoms with Crippen LogP contribution in [0.15, 0.2) is 0 Å². The van der Waals surface area contributed by atoms with Gasteiger partial charge in [0.1, 0.15) is 0 Å². The molecule has 2 unspecified atom stereocenters. The van der Waals surface area contributed by atoms with Crippen molar-refractivity contribution in [2.45, 2.75) is 31.5 Å². The molecular weight excluding hydrogens is 236 g/mol. The fraction of sp³-hybridized carbons (Fsp3) is 0.889. The Bertz CT molecular complexity index is 224. The first kappa shape index (κ1) is 13.1. The van der Waals surface area contributed by atoms with E-state index in [0.717, 1.165) is 24.7 Å². The zero-order valence-electron chi connectivity index (χ0n) is 8.69. The zero-order valence-corrected chi connectivity index (χ0v) is 10.3. The predicted octanol–water partition coefficient (Wildman–Crippen LogP) is 0.364. The zero-order chi connectivity index (χ0) is 9.97. The minimum Gasteiger partial charge on any atom is -0.376 e. The van der Waals surface area contributed by atoms with Crippen LogP contribution < -0.4 is 10.6 Å². The Morgan fingerprint density at radius 2 is 2.40 bits per heavy atom. The second-order valence-electron chi connectivity index (χ2n) is 3.75. The van der Waals surface area contributed by atoms with Gasteiger partial charge in [-0.05, 0) is 13.3 Å². The van der Waals surface area contributed by atoms with Crippen LogP contribution in [0.25, 0.3) is 0 Å². The number of carbonyl (C=O) groups excluding carboxylic acids is 1. The quantitative estimate of drug-likeness (QED) is 0.746. The predicted molar refractivity (Wildman–Crippen MR) is 63.5 cm³/mol. The summed E-state index contributed by atoms with van der Waals surface area (Å²) in [4.78, 5) is 11.7. The fourth-order valence-corrected chi connectivity index (χ4v) is 2.71. The molecule has 2 fully saturated rings. The van der Waals surface area contributed by atoms with Crippen LogP contribution in [-0.4, -0.2) is 42.3 Å². The Morgan fingerprint density at radius 1 is 1.60 bits per heavy atom. The molecule has 0 saturated carbocycles. The number of ether oxygens (including phenoxy) is 1. The van der Waals surface area contributed by atoms with Gasteiger partial charge in [0.15, 0.2) is 0 Å². The Hall–Kier alpha value is 0.0300. The summed E-state index contributed by atoms with van der Waals surface area (Å²) in [7, 11) is 0. The third-order valence-electron chi connectivity index (χ3n) is 2.74. The van der Waals surface area contributed by atoms with Crippen LogP contribution in [0.1, 0.15) is 13.3 Å². The molecule has 0 aliphatic carbocycles. The standard InChI is InChI=1S/C9H16N2O2S.ClH/c1-6-7(2-3-13-6)11-9(12)8-4-14-5-10-8;/h6-8,10H,2-5H2,1H3,(H,11,12);1H/t6?,7?,8-;/m1./s1. The molecule has 2 aliphatic rings. The van der Waals surface area contributed by atoms with Crippen LogP contribution in [0.5, 0.6) is 0 Å². The molecule has 88 valence electrons. The van der Waals surface area contributed by atoms with Gasteiger partial charge in [0.2, 0.25) is 5.91 Å². The summed E-state index contributed by atoms with van der Waals surface area (Å²) in [5.74, 6) is 1.89. The van der Waals surface area contributed by atoms with E-state index in [2.05, 4.69) is 10.6 Å². The summed E-state index contributed by atoms with van der Waals surface area (Å²) in [5, 5.41) is 6.19. The summed E-state index contributed by atoms with van der Waals surface area (Å²) in [6.45, 7) is 2.77. The Morgan fingerprint density at radius 3 is 2.93 bits per heavy atom. The second-order valence-corrected chi connectivity index (χ2v) is 4.78. The van der Waals surface area contributed by atoms with Crippen LogP contribution in [0.4, 0.5) is 0 Å². The van der Waals surface area contributed by atoms with Crippen molar-refractivity contribution < 1.29 is 9.53 Å². The molecule has 2 heterocycles. The molecule has 0 radical (unpaired) electrons. The average Bonchev–Trinajstić information content (AvgIpc) is 2.77. The third-order valence-corrected chi connectivity index (χ3v) is 3.68. The summed E-state index contributed by atoms with van der Waals surface area (Å²) in [6.07, 6.45) is 1.10. The molecule has 0 bridgehead atoms. The summed E-state index contributed by atoms with van der Waals surface area (Å²) in [5.41, 5.74) is 0. The van der Waals surface area contributed by atoms with Gasteiger partial charge < -0.3 is 10.1 Å². The maximum Gasteiger partial charge on any atom is 0.238 e. The first-order valence-corrected chi connectivity index (χ1v) is 6.16. The molecule has 1 amide bonds. The first-order chi connectivity index (χ1) is 6.77. The molecule has 0 aromatic heterocycles. The second kappa shape index (κ2) is 5.94. The number of hydrogen-bond acceptors (Lipinski definition) is 4. The highest BCUT2D eigenvalue weighted by Crippen LogP contribution is 2.14. The number of nitrogens with one attached hydrogen (secondary N) is 2. The van der Waals surface area contributed by atoms with E-state index in [9.17, 15) is 4.79 Å². The monoisotopic (exact) mass is 252 g/mol. The lowest BCUT2D eigenvalue weighted by atomic mass is 10.1. The van der Waals surface area contributed by atoms with E-state index in [1.54, 1.807) is 11.8 Å². The minimum absolute atomic E-state index is 0. The van der Waals surface area contributed by atoms with Gasteiger partial charge in [-0.1, -0.05) is 0 Å². The molecule has 0 aromatic rings. The van der Waals surface area contributed by atoms with Gasteiger partial charge in [0.05, 0.1) is 18.2 Å². The van der Waals surface area contributed by atoms with Gasteiger partial charge in [-0.2, -0.15) is 0 Å². The molecule has 2 N–H and O–H groups in total. The average molecular weight is 253 g/mol. The van der Waals surface area contributed by atoms with Crippen LogP contribution in [0.3, 0.4) is 0 Å². The van der Waals surface area contributed by atoms with Crippen molar-refractivity contribution in [2.75, 3.05) is 18.2 Å². The van der Waals surface area contributed by atoms with Crippen LogP contribution in [0, 0.1) is 0 Å². The molecule has 2 saturated heterocycles.